The molecular formula is C11H22N2O2. The smallest absolute Gasteiger partial charge is 0.237 e. The van der Waals surface area contributed by atoms with Crippen LogP contribution in [0.2, 0.25) is 0 Å². The number of carbonyl (C=O) groups excluding carboxylic acids is 1. The van der Waals surface area contributed by atoms with E-state index in [0.717, 1.165) is 19.4 Å². The van der Waals surface area contributed by atoms with Crippen LogP contribution in [-0.2, 0) is 9.53 Å². The average Bonchev–Trinajstić information content (AvgIpc) is 2.27. The topological polar surface area (TPSA) is 50.4 Å². The van der Waals surface area contributed by atoms with Gasteiger partial charge in [0, 0.05) is 13.2 Å². The Labute approximate surface area is 91.8 Å². The molecule has 1 heterocycles. The summed E-state index contributed by atoms with van der Waals surface area (Å²) in [5, 5.41) is 6.13. The van der Waals surface area contributed by atoms with Crippen molar-refractivity contribution < 1.29 is 9.53 Å². The quantitative estimate of drug-likeness (QED) is 0.707. The van der Waals surface area contributed by atoms with E-state index in [0.29, 0.717) is 13.2 Å². The van der Waals surface area contributed by atoms with Crippen LogP contribution in [0.5, 0.6) is 0 Å². The Hall–Kier alpha value is -0.610. The molecular weight excluding hydrogens is 192 g/mol. The van der Waals surface area contributed by atoms with Crippen molar-refractivity contribution in [3.05, 3.63) is 0 Å². The number of hydrogen-bond acceptors (Lipinski definition) is 3. The van der Waals surface area contributed by atoms with Gasteiger partial charge in [-0.3, -0.25) is 4.79 Å². The van der Waals surface area contributed by atoms with Gasteiger partial charge in [-0.25, -0.2) is 0 Å². The van der Waals surface area contributed by atoms with E-state index in [2.05, 4.69) is 10.6 Å². The van der Waals surface area contributed by atoms with Crippen molar-refractivity contribution in [1.82, 2.24) is 10.6 Å². The summed E-state index contributed by atoms with van der Waals surface area (Å²) < 4.78 is 5.34. The maximum absolute atomic E-state index is 11.7. The molecule has 2 N–H and O–H groups in total. The lowest BCUT2D eigenvalue weighted by molar-refractivity contribution is -0.124. The number of rotatable bonds is 5. The van der Waals surface area contributed by atoms with Crippen molar-refractivity contribution in [3.8, 4) is 0 Å². The highest BCUT2D eigenvalue weighted by Gasteiger charge is 2.20. The molecule has 15 heavy (non-hydrogen) atoms. The Kier molecular flexibility index (Phi) is 5.65. The SMILES string of the molecule is CCOC(C)CNC(=O)[C@H]1CCCCN1. The maximum Gasteiger partial charge on any atom is 0.237 e. The minimum Gasteiger partial charge on any atom is -0.377 e. The van der Waals surface area contributed by atoms with Gasteiger partial charge in [-0.15, -0.1) is 0 Å². The Morgan fingerprint density at radius 1 is 1.60 bits per heavy atom. The van der Waals surface area contributed by atoms with E-state index in [1.54, 1.807) is 0 Å². The van der Waals surface area contributed by atoms with Crippen molar-refractivity contribution in [2.24, 2.45) is 0 Å². The van der Waals surface area contributed by atoms with Crippen molar-refractivity contribution in [3.63, 3.8) is 0 Å². The summed E-state index contributed by atoms with van der Waals surface area (Å²) in [5.41, 5.74) is 0. The van der Waals surface area contributed by atoms with E-state index in [1.165, 1.54) is 6.42 Å². The zero-order valence-corrected chi connectivity index (χ0v) is 9.71. The number of nitrogens with one attached hydrogen (secondary N) is 2. The van der Waals surface area contributed by atoms with Gasteiger partial charge in [0.05, 0.1) is 12.1 Å². The molecule has 0 aliphatic carbocycles. The molecule has 1 amide bonds. The molecule has 1 aliphatic heterocycles. The second-order valence-corrected chi connectivity index (χ2v) is 4.01. The first-order valence-electron chi connectivity index (χ1n) is 5.86. The molecule has 1 saturated heterocycles. The summed E-state index contributed by atoms with van der Waals surface area (Å²) in [5.74, 6) is 0.112. The van der Waals surface area contributed by atoms with Crippen LogP contribution in [0.4, 0.5) is 0 Å². The summed E-state index contributed by atoms with van der Waals surface area (Å²) >= 11 is 0. The number of ether oxygens (including phenoxy) is 1. The molecule has 0 aromatic heterocycles. The van der Waals surface area contributed by atoms with Gasteiger partial charge in [-0.2, -0.15) is 0 Å². The molecule has 2 atom stereocenters. The summed E-state index contributed by atoms with van der Waals surface area (Å²) in [6.45, 7) is 6.18. The first kappa shape index (κ1) is 12.5. The molecule has 0 spiro atoms. The fourth-order valence-electron chi connectivity index (χ4n) is 1.79. The van der Waals surface area contributed by atoms with Crippen LogP contribution in [0.1, 0.15) is 33.1 Å². The van der Waals surface area contributed by atoms with E-state index in [9.17, 15) is 4.79 Å². The van der Waals surface area contributed by atoms with Gasteiger partial charge in [0.15, 0.2) is 0 Å². The Bertz CT molecular complexity index is 191. The van der Waals surface area contributed by atoms with Crippen LogP contribution in [0, 0.1) is 0 Å². The highest BCUT2D eigenvalue weighted by atomic mass is 16.5. The van der Waals surface area contributed by atoms with Gasteiger partial charge < -0.3 is 15.4 Å². The van der Waals surface area contributed by atoms with Crippen molar-refractivity contribution in [2.75, 3.05) is 19.7 Å². The Balaban J connectivity index is 2.16. The number of piperidine rings is 1. The zero-order valence-electron chi connectivity index (χ0n) is 9.71. The van der Waals surface area contributed by atoms with Gasteiger partial charge in [-0.1, -0.05) is 6.42 Å². The molecule has 1 fully saturated rings. The molecule has 0 aromatic carbocycles. The minimum atomic E-state index is 0.00702. The molecule has 1 rings (SSSR count). The Morgan fingerprint density at radius 3 is 3.00 bits per heavy atom. The van der Waals surface area contributed by atoms with E-state index in [4.69, 9.17) is 4.74 Å². The lowest BCUT2D eigenvalue weighted by atomic mass is 10.0. The van der Waals surface area contributed by atoms with Gasteiger partial charge in [0.2, 0.25) is 5.91 Å². The number of amides is 1. The molecule has 1 unspecified atom stereocenters. The van der Waals surface area contributed by atoms with Gasteiger partial charge in [0.25, 0.3) is 0 Å². The lowest BCUT2D eigenvalue weighted by Gasteiger charge is -2.23. The maximum atomic E-state index is 11.7. The van der Waals surface area contributed by atoms with Crippen molar-refractivity contribution >= 4 is 5.91 Å². The van der Waals surface area contributed by atoms with Crippen LogP contribution in [0.3, 0.4) is 0 Å². The van der Waals surface area contributed by atoms with Crippen molar-refractivity contribution in [1.29, 1.82) is 0 Å². The molecule has 1 aliphatic rings. The van der Waals surface area contributed by atoms with Gasteiger partial charge in [0.1, 0.15) is 0 Å². The molecule has 88 valence electrons. The second kappa shape index (κ2) is 6.80. The number of carbonyl (C=O) groups is 1. The molecule has 0 aromatic rings. The molecule has 0 saturated carbocycles. The molecule has 0 radical (unpaired) electrons. The largest absolute Gasteiger partial charge is 0.377 e. The zero-order chi connectivity index (χ0) is 11.1. The third kappa shape index (κ3) is 4.62. The predicted octanol–water partition coefficient (Wildman–Crippen LogP) is 0.670. The second-order valence-electron chi connectivity index (χ2n) is 4.01. The van der Waals surface area contributed by atoms with Crippen molar-refractivity contribution in [2.45, 2.75) is 45.3 Å². The van der Waals surface area contributed by atoms with E-state index in [1.807, 2.05) is 13.8 Å². The monoisotopic (exact) mass is 214 g/mol. The normalized spacial score (nSPS) is 23.5. The molecule has 4 nitrogen and oxygen atoms in total. The van der Waals surface area contributed by atoms with Gasteiger partial charge >= 0.3 is 0 Å². The standard InChI is InChI=1S/C11H22N2O2/c1-3-15-9(2)8-13-11(14)10-6-4-5-7-12-10/h9-10,12H,3-8H2,1-2H3,(H,13,14)/t9?,10-/m1/s1. The lowest BCUT2D eigenvalue weighted by Crippen LogP contribution is -2.48. The van der Waals surface area contributed by atoms with E-state index in [-0.39, 0.29) is 18.1 Å². The molecule has 0 bridgehead atoms. The molecule has 4 heteroatoms. The van der Waals surface area contributed by atoms with E-state index >= 15 is 0 Å². The minimum absolute atomic E-state index is 0.00702. The summed E-state index contributed by atoms with van der Waals surface area (Å²) in [6, 6.07) is 0.00702. The van der Waals surface area contributed by atoms with Crippen LogP contribution in [-0.4, -0.2) is 37.7 Å². The van der Waals surface area contributed by atoms with Crippen LogP contribution in [0.15, 0.2) is 0 Å². The highest BCUT2D eigenvalue weighted by Crippen LogP contribution is 2.06. The number of hydrogen-bond donors (Lipinski definition) is 2. The fraction of sp³-hybridized carbons (Fsp3) is 0.909. The highest BCUT2D eigenvalue weighted by molar-refractivity contribution is 5.81. The van der Waals surface area contributed by atoms with Crippen LogP contribution in [0.25, 0.3) is 0 Å². The summed E-state index contributed by atoms with van der Waals surface area (Å²) in [4.78, 5) is 11.7. The average molecular weight is 214 g/mol. The first-order valence-corrected chi connectivity index (χ1v) is 5.86. The van der Waals surface area contributed by atoms with Crippen LogP contribution >= 0.6 is 0 Å². The van der Waals surface area contributed by atoms with Crippen LogP contribution < -0.4 is 10.6 Å². The van der Waals surface area contributed by atoms with E-state index < -0.39 is 0 Å². The third-order valence-corrected chi connectivity index (χ3v) is 2.64. The third-order valence-electron chi connectivity index (χ3n) is 2.64. The predicted molar refractivity (Wildman–Crippen MR) is 59.7 cm³/mol. The first-order chi connectivity index (χ1) is 7.24. The van der Waals surface area contributed by atoms with Gasteiger partial charge in [-0.05, 0) is 33.2 Å². The fourth-order valence-corrected chi connectivity index (χ4v) is 1.79. The summed E-state index contributed by atoms with van der Waals surface area (Å²) in [6.07, 6.45) is 3.38. The Morgan fingerprint density at radius 2 is 2.40 bits per heavy atom. The summed E-state index contributed by atoms with van der Waals surface area (Å²) in [7, 11) is 0.